The Morgan fingerprint density at radius 1 is 1.23 bits per heavy atom. The number of nitrogens with one attached hydrogen (secondary N) is 3. The average molecular weight is 209 g/mol. The molecule has 0 amide bonds. The summed E-state index contributed by atoms with van der Waals surface area (Å²) in [5.41, 5.74) is 0. The first-order valence-electron chi connectivity index (χ1n) is 4.31. The second kappa shape index (κ2) is 5.54. The SMILES string of the molecule is CNC(C)CNS(=O)(=O)NC(C)C. The van der Waals surface area contributed by atoms with Crippen LogP contribution in [0, 0.1) is 0 Å². The van der Waals surface area contributed by atoms with Crippen molar-refractivity contribution in [2.75, 3.05) is 13.6 Å². The summed E-state index contributed by atoms with van der Waals surface area (Å²) in [6.45, 7) is 5.85. The van der Waals surface area contributed by atoms with Crippen molar-refractivity contribution in [3.63, 3.8) is 0 Å². The molecule has 0 aliphatic heterocycles. The van der Waals surface area contributed by atoms with Gasteiger partial charge in [0.25, 0.3) is 10.2 Å². The van der Waals surface area contributed by atoms with E-state index in [0.29, 0.717) is 6.54 Å². The predicted octanol–water partition coefficient (Wildman–Crippen LogP) is -0.573. The summed E-state index contributed by atoms with van der Waals surface area (Å²) < 4.78 is 27.3. The molecule has 0 saturated heterocycles. The monoisotopic (exact) mass is 209 g/mol. The van der Waals surface area contributed by atoms with Crippen LogP contribution in [0.4, 0.5) is 0 Å². The van der Waals surface area contributed by atoms with Gasteiger partial charge in [-0.1, -0.05) is 0 Å². The molecule has 0 heterocycles. The molecule has 6 heteroatoms. The maximum absolute atomic E-state index is 11.2. The summed E-state index contributed by atoms with van der Waals surface area (Å²) in [4.78, 5) is 0. The lowest BCUT2D eigenvalue weighted by molar-refractivity contribution is 0.535. The van der Waals surface area contributed by atoms with Crippen LogP contribution in [0.25, 0.3) is 0 Å². The van der Waals surface area contributed by atoms with Crippen molar-refractivity contribution in [1.29, 1.82) is 0 Å². The van der Waals surface area contributed by atoms with Gasteiger partial charge in [0.05, 0.1) is 0 Å². The van der Waals surface area contributed by atoms with E-state index in [9.17, 15) is 8.42 Å². The zero-order chi connectivity index (χ0) is 10.5. The molecule has 0 aliphatic carbocycles. The van der Waals surface area contributed by atoms with E-state index in [-0.39, 0.29) is 12.1 Å². The molecule has 0 aliphatic rings. The molecule has 0 fully saturated rings. The highest BCUT2D eigenvalue weighted by atomic mass is 32.2. The van der Waals surface area contributed by atoms with Gasteiger partial charge in [-0.3, -0.25) is 0 Å². The minimum Gasteiger partial charge on any atom is -0.316 e. The van der Waals surface area contributed by atoms with Crippen LogP contribution in [0.5, 0.6) is 0 Å². The first-order chi connectivity index (χ1) is 5.87. The average Bonchev–Trinajstić information content (AvgIpc) is 1.98. The number of rotatable bonds is 6. The third-order valence-corrected chi connectivity index (χ3v) is 2.79. The van der Waals surface area contributed by atoms with Crippen LogP contribution >= 0.6 is 0 Å². The summed E-state index contributed by atoms with van der Waals surface area (Å²) in [5.74, 6) is 0. The van der Waals surface area contributed by atoms with E-state index in [1.54, 1.807) is 20.9 Å². The lowest BCUT2D eigenvalue weighted by Crippen LogP contribution is -2.44. The largest absolute Gasteiger partial charge is 0.316 e. The van der Waals surface area contributed by atoms with Crippen molar-refractivity contribution in [3.05, 3.63) is 0 Å². The summed E-state index contributed by atoms with van der Waals surface area (Å²) in [6, 6.07) is 0.0473. The first-order valence-corrected chi connectivity index (χ1v) is 5.80. The van der Waals surface area contributed by atoms with E-state index >= 15 is 0 Å². The molecule has 1 unspecified atom stereocenters. The molecule has 1 atom stereocenters. The van der Waals surface area contributed by atoms with Crippen LogP contribution in [0.3, 0.4) is 0 Å². The third kappa shape index (κ3) is 6.94. The standard InChI is InChI=1S/C7H19N3O2S/c1-6(2)10-13(11,12)9-5-7(3)8-4/h6-10H,5H2,1-4H3. The molecule has 0 spiro atoms. The highest BCUT2D eigenvalue weighted by Gasteiger charge is 2.11. The molecular weight excluding hydrogens is 190 g/mol. The van der Waals surface area contributed by atoms with E-state index in [0.717, 1.165) is 0 Å². The maximum atomic E-state index is 11.2. The van der Waals surface area contributed by atoms with E-state index in [4.69, 9.17) is 0 Å². The number of hydrogen-bond donors (Lipinski definition) is 3. The Hall–Kier alpha value is -0.170. The topological polar surface area (TPSA) is 70.2 Å². The molecule has 0 aromatic carbocycles. The summed E-state index contributed by atoms with van der Waals surface area (Å²) >= 11 is 0. The summed E-state index contributed by atoms with van der Waals surface area (Å²) in [5, 5.41) is 2.94. The van der Waals surface area contributed by atoms with Crippen molar-refractivity contribution in [2.45, 2.75) is 32.9 Å². The van der Waals surface area contributed by atoms with Gasteiger partial charge in [0.2, 0.25) is 0 Å². The molecule has 0 radical (unpaired) electrons. The highest BCUT2D eigenvalue weighted by molar-refractivity contribution is 7.87. The maximum Gasteiger partial charge on any atom is 0.277 e. The van der Waals surface area contributed by atoms with Crippen LogP contribution in [0.15, 0.2) is 0 Å². The fourth-order valence-corrected chi connectivity index (χ4v) is 1.86. The van der Waals surface area contributed by atoms with E-state index < -0.39 is 10.2 Å². The van der Waals surface area contributed by atoms with Gasteiger partial charge in [0.15, 0.2) is 0 Å². The zero-order valence-electron chi connectivity index (χ0n) is 8.59. The number of likely N-dealkylation sites (N-methyl/N-ethyl adjacent to an activating group) is 1. The molecule has 0 saturated carbocycles. The second-order valence-corrected chi connectivity index (χ2v) is 4.85. The van der Waals surface area contributed by atoms with Crippen molar-refractivity contribution >= 4 is 10.2 Å². The second-order valence-electron chi connectivity index (χ2n) is 3.31. The zero-order valence-corrected chi connectivity index (χ0v) is 9.40. The van der Waals surface area contributed by atoms with Crippen molar-refractivity contribution in [3.8, 4) is 0 Å². The van der Waals surface area contributed by atoms with Gasteiger partial charge in [0, 0.05) is 18.6 Å². The minimum absolute atomic E-state index is 0.0811. The van der Waals surface area contributed by atoms with Crippen LogP contribution < -0.4 is 14.8 Å². The lowest BCUT2D eigenvalue weighted by Gasteiger charge is -2.13. The molecule has 0 bridgehead atoms. The van der Waals surface area contributed by atoms with E-state index in [2.05, 4.69) is 14.8 Å². The fourth-order valence-electron chi connectivity index (χ4n) is 0.689. The normalized spacial score (nSPS) is 14.8. The molecule has 80 valence electrons. The molecule has 0 aromatic rings. The first kappa shape index (κ1) is 12.8. The Kier molecular flexibility index (Phi) is 5.46. The van der Waals surface area contributed by atoms with Gasteiger partial charge in [-0.15, -0.1) is 0 Å². The minimum atomic E-state index is -3.33. The molecule has 0 rings (SSSR count). The molecule has 0 aromatic heterocycles. The predicted molar refractivity (Wildman–Crippen MR) is 53.7 cm³/mol. The van der Waals surface area contributed by atoms with Gasteiger partial charge in [-0.05, 0) is 27.8 Å². The third-order valence-electron chi connectivity index (χ3n) is 1.46. The van der Waals surface area contributed by atoms with E-state index in [1.165, 1.54) is 0 Å². The highest BCUT2D eigenvalue weighted by Crippen LogP contribution is 1.84. The Morgan fingerprint density at radius 2 is 1.77 bits per heavy atom. The molecule has 3 N–H and O–H groups in total. The smallest absolute Gasteiger partial charge is 0.277 e. The summed E-state index contributed by atoms with van der Waals surface area (Å²) in [6.07, 6.45) is 0. The van der Waals surface area contributed by atoms with Gasteiger partial charge >= 0.3 is 0 Å². The van der Waals surface area contributed by atoms with Gasteiger partial charge < -0.3 is 5.32 Å². The van der Waals surface area contributed by atoms with Crippen molar-refractivity contribution in [1.82, 2.24) is 14.8 Å². The Bertz CT molecular complexity index is 226. The molecule has 13 heavy (non-hydrogen) atoms. The van der Waals surface area contributed by atoms with Crippen LogP contribution in [-0.4, -0.2) is 34.1 Å². The van der Waals surface area contributed by atoms with Crippen molar-refractivity contribution in [2.24, 2.45) is 0 Å². The van der Waals surface area contributed by atoms with Gasteiger partial charge in [-0.2, -0.15) is 13.1 Å². The van der Waals surface area contributed by atoms with Crippen LogP contribution in [0.1, 0.15) is 20.8 Å². The van der Waals surface area contributed by atoms with Crippen molar-refractivity contribution < 1.29 is 8.42 Å². The fraction of sp³-hybridized carbons (Fsp3) is 1.00. The Morgan fingerprint density at radius 3 is 2.15 bits per heavy atom. The number of hydrogen-bond acceptors (Lipinski definition) is 3. The Labute approximate surface area is 80.5 Å². The molecule has 5 nitrogen and oxygen atoms in total. The Balaban J connectivity index is 3.90. The van der Waals surface area contributed by atoms with Gasteiger partial charge in [-0.25, -0.2) is 4.72 Å². The quantitative estimate of drug-likeness (QED) is 0.548. The lowest BCUT2D eigenvalue weighted by atomic mass is 10.4. The summed E-state index contributed by atoms with van der Waals surface area (Å²) in [7, 11) is -1.54. The van der Waals surface area contributed by atoms with Gasteiger partial charge in [0.1, 0.15) is 0 Å². The van der Waals surface area contributed by atoms with Crippen LogP contribution in [-0.2, 0) is 10.2 Å². The van der Waals surface area contributed by atoms with E-state index in [1.807, 2.05) is 6.92 Å². The molecular formula is C7H19N3O2S. The van der Waals surface area contributed by atoms with Crippen LogP contribution in [0.2, 0.25) is 0 Å².